The van der Waals surface area contributed by atoms with Crippen molar-refractivity contribution in [3.8, 4) is 0 Å². The number of hydrogen-bond acceptors (Lipinski definition) is 6. The zero-order valence-electron chi connectivity index (χ0n) is 18.0. The molecule has 0 radical (unpaired) electrons. The minimum absolute atomic E-state index is 0.246. The molecule has 0 fully saturated rings. The lowest BCUT2D eigenvalue weighted by Crippen LogP contribution is -2.22. The van der Waals surface area contributed by atoms with Crippen LogP contribution >= 0.6 is 0 Å². The van der Waals surface area contributed by atoms with Crippen molar-refractivity contribution in [1.29, 1.82) is 0 Å². The average Bonchev–Trinajstić information content (AvgIpc) is 3.20. The lowest BCUT2D eigenvalue weighted by Gasteiger charge is -2.13. The summed E-state index contributed by atoms with van der Waals surface area (Å²) in [5, 5.41) is 8.16. The number of nitrogens with zero attached hydrogens (tertiary/aromatic N) is 3. The molecule has 4 aromatic rings. The van der Waals surface area contributed by atoms with E-state index in [9.17, 15) is 9.59 Å². The Balaban J connectivity index is 1.41. The quantitative estimate of drug-likeness (QED) is 0.462. The van der Waals surface area contributed by atoms with Gasteiger partial charge in [0.15, 0.2) is 5.76 Å². The number of anilines is 1. The first-order chi connectivity index (χ1) is 16.1. The molecular formula is C25H21N5O3. The Bertz CT molecular complexity index is 1390. The molecule has 164 valence electrons. The molecule has 1 aromatic carbocycles. The van der Waals surface area contributed by atoms with Gasteiger partial charge in [-0.05, 0) is 56.2 Å². The molecule has 2 N–H and O–H groups in total. The number of rotatable bonds is 4. The third-order valence-corrected chi connectivity index (χ3v) is 5.66. The lowest BCUT2D eigenvalue weighted by molar-refractivity contribution is 0.0953. The number of hydrazone groups is 1. The molecule has 8 heteroatoms. The maximum absolute atomic E-state index is 13.1. The van der Waals surface area contributed by atoms with Gasteiger partial charge in [-0.3, -0.25) is 19.6 Å². The molecule has 0 aliphatic heterocycles. The molecule has 8 nitrogen and oxygen atoms in total. The number of carbonyl (C=O) groups is 2. The topological polar surface area (TPSA) is 109 Å². The number of aryl methyl sites for hydroxylation is 1. The van der Waals surface area contributed by atoms with Gasteiger partial charge in [0.25, 0.3) is 11.8 Å². The highest BCUT2D eigenvalue weighted by Gasteiger charge is 2.28. The van der Waals surface area contributed by atoms with Crippen molar-refractivity contribution in [2.45, 2.75) is 26.2 Å². The standard InChI is InChI=1S/C25H21N5O3/c1-15-22-20(29-30-24(31)16-10-13-26-14-11-16)8-3-9-21(22)33-23(15)25(32)28-19-7-2-6-18-17(19)5-4-12-27-18/h2,4-7,10-14H,3,8-9H2,1H3,(H,28,32)(H,30,31)/b29-20+. The van der Waals surface area contributed by atoms with Gasteiger partial charge in [0, 0.05) is 47.1 Å². The largest absolute Gasteiger partial charge is 0.455 e. The molecule has 1 aliphatic rings. The van der Waals surface area contributed by atoms with Crippen LogP contribution in [0.1, 0.15) is 50.6 Å². The summed E-state index contributed by atoms with van der Waals surface area (Å²) in [5.41, 5.74) is 6.74. The van der Waals surface area contributed by atoms with Crippen molar-refractivity contribution in [2.24, 2.45) is 5.10 Å². The van der Waals surface area contributed by atoms with E-state index in [4.69, 9.17) is 4.42 Å². The predicted molar refractivity (Wildman–Crippen MR) is 124 cm³/mol. The smallest absolute Gasteiger partial charge is 0.291 e. The van der Waals surface area contributed by atoms with Crippen LogP contribution in [0.15, 0.2) is 70.6 Å². The molecule has 5 rings (SSSR count). The van der Waals surface area contributed by atoms with E-state index in [2.05, 4.69) is 25.8 Å². The van der Waals surface area contributed by atoms with Gasteiger partial charge in [0.2, 0.25) is 0 Å². The Hall–Kier alpha value is -4.33. The molecule has 0 atom stereocenters. The Kier molecular flexibility index (Phi) is 5.40. The van der Waals surface area contributed by atoms with E-state index < -0.39 is 0 Å². The maximum Gasteiger partial charge on any atom is 0.291 e. The summed E-state index contributed by atoms with van der Waals surface area (Å²) in [5.74, 6) is 0.301. The fraction of sp³-hybridized carbons (Fsp3) is 0.160. The molecular weight excluding hydrogens is 418 g/mol. The van der Waals surface area contributed by atoms with Gasteiger partial charge in [-0.1, -0.05) is 6.07 Å². The Morgan fingerprint density at radius 3 is 2.70 bits per heavy atom. The predicted octanol–water partition coefficient (Wildman–Crippen LogP) is 4.25. The zero-order chi connectivity index (χ0) is 22.8. The average molecular weight is 439 g/mol. The van der Waals surface area contributed by atoms with Crippen molar-refractivity contribution in [1.82, 2.24) is 15.4 Å². The van der Waals surface area contributed by atoms with E-state index in [1.807, 2.05) is 37.3 Å². The molecule has 2 amide bonds. The number of pyridine rings is 2. The van der Waals surface area contributed by atoms with E-state index in [1.54, 1.807) is 30.7 Å². The molecule has 0 saturated carbocycles. The van der Waals surface area contributed by atoms with E-state index in [1.165, 1.54) is 0 Å². The van der Waals surface area contributed by atoms with Crippen LogP contribution in [0.3, 0.4) is 0 Å². The van der Waals surface area contributed by atoms with Crippen LogP contribution in [0.4, 0.5) is 5.69 Å². The summed E-state index contributed by atoms with van der Waals surface area (Å²) in [6, 6.07) is 12.6. The van der Waals surface area contributed by atoms with Gasteiger partial charge in [0.05, 0.1) is 16.9 Å². The minimum atomic E-state index is -0.335. The summed E-state index contributed by atoms with van der Waals surface area (Å²) in [6.45, 7) is 1.84. The SMILES string of the molecule is Cc1c(C(=O)Nc2cccc3ncccc23)oc2c1/C(=N/NC(=O)c1ccncc1)CCC2. The number of amides is 2. The Morgan fingerprint density at radius 2 is 1.85 bits per heavy atom. The third-order valence-electron chi connectivity index (χ3n) is 5.66. The van der Waals surface area contributed by atoms with Crippen LogP contribution in [0.5, 0.6) is 0 Å². The molecule has 1 aliphatic carbocycles. The first-order valence-electron chi connectivity index (χ1n) is 10.7. The molecule has 3 aromatic heterocycles. The van der Waals surface area contributed by atoms with E-state index in [0.29, 0.717) is 41.1 Å². The van der Waals surface area contributed by atoms with E-state index in [0.717, 1.165) is 22.9 Å². The molecule has 3 heterocycles. The molecule has 0 bridgehead atoms. The first kappa shape index (κ1) is 20.6. The monoisotopic (exact) mass is 439 g/mol. The van der Waals surface area contributed by atoms with E-state index in [-0.39, 0.29) is 17.6 Å². The Morgan fingerprint density at radius 1 is 1.00 bits per heavy atom. The number of furan rings is 1. The Labute approximate surface area is 189 Å². The summed E-state index contributed by atoms with van der Waals surface area (Å²) in [4.78, 5) is 33.7. The lowest BCUT2D eigenvalue weighted by atomic mass is 9.93. The second kappa shape index (κ2) is 8.66. The molecule has 0 unspecified atom stereocenters. The highest BCUT2D eigenvalue weighted by molar-refractivity contribution is 6.11. The van der Waals surface area contributed by atoms with Crippen LogP contribution in [-0.2, 0) is 6.42 Å². The van der Waals surface area contributed by atoms with Gasteiger partial charge in [-0.2, -0.15) is 5.10 Å². The van der Waals surface area contributed by atoms with Crippen molar-refractivity contribution in [3.63, 3.8) is 0 Å². The summed E-state index contributed by atoms with van der Waals surface area (Å²) in [7, 11) is 0. The summed E-state index contributed by atoms with van der Waals surface area (Å²) < 4.78 is 5.98. The second-order valence-electron chi connectivity index (χ2n) is 7.77. The third kappa shape index (κ3) is 3.98. The van der Waals surface area contributed by atoms with Crippen molar-refractivity contribution >= 4 is 34.1 Å². The highest BCUT2D eigenvalue weighted by atomic mass is 16.4. The second-order valence-corrected chi connectivity index (χ2v) is 7.77. The van der Waals surface area contributed by atoms with Crippen LogP contribution in [0.25, 0.3) is 10.9 Å². The number of aromatic nitrogens is 2. The van der Waals surface area contributed by atoms with Crippen molar-refractivity contribution in [3.05, 3.63) is 89.3 Å². The number of carbonyl (C=O) groups excluding carboxylic acids is 2. The van der Waals surface area contributed by atoms with Gasteiger partial charge < -0.3 is 9.73 Å². The maximum atomic E-state index is 13.1. The number of hydrogen-bond donors (Lipinski definition) is 2. The first-order valence-corrected chi connectivity index (χ1v) is 10.7. The zero-order valence-corrected chi connectivity index (χ0v) is 18.0. The number of fused-ring (bicyclic) bond motifs is 2. The van der Waals surface area contributed by atoms with Crippen LogP contribution < -0.4 is 10.7 Å². The van der Waals surface area contributed by atoms with Gasteiger partial charge in [-0.15, -0.1) is 0 Å². The van der Waals surface area contributed by atoms with Gasteiger partial charge in [-0.25, -0.2) is 5.43 Å². The number of benzene rings is 1. The molecule has 0 spiro atoms. The van der Waals surface area contributed by atoms with Crippen LogP contribution in [0, 0.1) is 6.92 Å². The van der Waals surface area contributed by atoms with Gasteiger partial charge >= 0.3 is 0 Å². The fourth-order valence-corrected chi connectivity index (χ4v) is 4.07. The summed E-state index contributed by atoms with van der Waals surface area (Å²) >= 11 is 0. The highest BCUT2D eigenvalue weighted by Crippen LogP contribution is 2.31. The summed E-state index contributed by atoms with van der Waals surface area (Å²) in [6.07, 6.45) is 7.03. The fourth-order valence-electron chi connectivity index (χ4n) is 4.07. The van der Waals surface area contributed by atoms with Crippen molar-refractivity contribution < 1.29 is 14.0 Å². The van der Waals surface area contributed by atoms with E-state index >= 15 is 0 Å². The van der Waals surface area contributed by atoms with Crippen molar-refractivity contribution in [2.75, 3.05) is 5.32 Å². The normalized spacial score (nSPS) is 14.2. The molecule has 0 saturated heterocycles. The minimum Gasteiger partial charge on any atom is -0.455 e. The molecule has 33 heavy (non-hydrogen) atoms. The van der Waals surface area contributed by atoms with Crippen LogP contribution in [-0.4, -0.2) is 27.5 Å². The van der Waals surface area contributed by atoms with Crippen LogP contribution in [0.2, 0.25) is 0 Å². The van der Waals surface area contributed by atoms with Gasteiger partial charge in [0.1, 0.15) is 5.76 Å². The number of nitrogens with one attached hydrogen (secondary N) is 2.